The van der Waals surface area contributed by atoms with Crippen molar-refractivity contribution in [2.75, 3.05) is 30.7 Å². The van der Waals surface area contributed by atoms with Crippen LogP contribution in [0.2, 0.25) is 0 Å². The molecule has 0 aliphatic carbocycles. The van der Waals surface area contributed by atoms with Gasteiger partial charge in [-0.1, -0.05) is 0 Å². The number of benzene rings is 1. The molecule has 1 fully saturated rings. The summed E-state index contributed by atoms with van der Waals surface area (Å²) < 4.78 is 0. The maximum Gasteiger partial charge on any atom is 0.224 e. The second kappa shape index (κ2) is 6.80. The van der Waals surface area contributed by atoms with Crippen molar-refractivity contribution in [1.29, 1.82) is 5.26 Å². The number of piperidine rings is 1. The Labute approximate surface area is 119 Å². The summed E-state index contributed by atoms with van der Waals surface area (Å²) in [6.45, 7) is 2.30. The van der Waals surface area contributed by atoms with Crippen LogP contribution in [0.25, 0.3) is 0 Å². The average molecular weight is 272 g/mol. The maximum absolute atomic E-state index is 12.0. The maximum atomic E-state index is 12.0. The van der Waals surface area contributed by atoms with Crippen molar-refractivity contribution >= 4 is 17.3 Å². The minimum absolute atomic E-state index is 0.187. The molecule has 0 spiro atoms. The van der Waals surface area contributed by atoms with E-state index in [1.54, 1.807) is 18.2 Å². The number of carbonyl (C=O) groups is 1. The van der Waals surface area contributed by atoms with Crippen LogP contribution in [0.3, 0.4) is 0 Å². The molecule has 0 bridgehead atoms. The number of likely N-dealkylation sites (tertiary alicyclic amines) is 1. The molecule has 0 aromatic heterocycles. The van der Waals surface area contributed by atoms with Gasteiger partial charge in [-0.15, -0.1) is 0 Å². The summed E-state index contributed by atoms with van der Waals surface area (Å²) in [5, 5.41) is 12.0. The monoisotopic (exact) mass is 272 g/mol. The summed E-state index contributed by atoms with van der Waals surface area (Å²) in [5.41, 5.74) is 7.71. The number of hydrogen-bond acceptors (Lipinski definition) is 4. The molecular weight excluding hydrogens is 252 g/mol. The quantitative estimate of drug-likeness (QED) is 0.821. The van der Waals surface area contributed by atoms with Crippen LogP contribution in [0.15, 0.2) is 18.2 Å². The molecule has 0 atom stereocenters. The summed E-state index contributed by atoms with van der Waals surface area (Å²) in [4.78, 5) is 13.9. The number of nitrogens with two attached hydrogens (primary N) is 1. The molecular formula is C15H20N4O. The number of hydrogen-bond donors (Lipinski definition) is 2. The molecule has 1 aromatic carbocycles. The molecule has 5 nitrogen and oxygen atoms in total. The van der Waals surface area contributed by atoms with E-state index in [-0.39, 0.29) is 5.91 Å². The Kier molecular flexibility index (Phi) is 4.83. The molecule has 1 aliphatic rings. The third-order valence-corrected chi connectivity index (χ3v) is 3.55. The van der Waals surface area contributed by atoms with Crippen LogP contribution < -0.4 is 11.1 Å². The summed E-state index contributed by atoms with van der Waals surface area (Å²) in [6, 6.07) is 7.17. The van der Waals surface area contributed by atoms with Crippen molar-refractivity contribution in [3.05, 3.63) is 23.8 Å². The third kappa shape index (κ3) is 3.64. The molecule has 2 rings (SSSR count). The van der Waals surface area contributed by atoms with E-state index >= 15 is 0 Å². The highest BCUT2D eigenvalue weighted by atomic mass is 16.2. The van der Waals surface area contributed by atoms with Crippen LogP contribution >= 0.6 is 0 Å². The van der Waals surface area contributed by atoms with Gasteiger partial charge in [0.05, 0.1) is 23.0 Å². The van der Waals surface area contributed by atoms with E-state index in [1.165, 1.54) is 6.42 Å². The number of anilines is 2. The molecule has 1 amide bonds. The van der Waals surface area contributed by atoms with Crippen molar-refractivity contribution in [3.63, 3.8) is 0 Å². The predicted octanol–water partition coefficient (Wildman–Crippen LogP) is 1.95. The predicted molar refractivity (Wildman–Crippen MR) is 79.1 cm³/mol. The summed E-state index contributed by atoms with van der Waals surface area (Å²) in [5.74, 6) is 0.187. The number of carbonyl (C=O) groups excluding carboxylic acids is 1. The minimum atomic E-state index is 0.187. The van der Waals surface area contributed by atoms with Crippen molar-refractivity contribution < 1.29 is 4.79 Å². The Morgan fingerprint density at radius 2 is 2.10 bits per heavy atom. The van der Waals surface area contributed by atoms with E-state index in [0.29, 0.717) is 24.2 Å². The fourth-order valence-corrected chi connectivity index (χ4v) is 2.38. The molecule has 5 heteroatoms. The van der Waals surface area contributed by atoms with E-state index < -0.39 is 0 Å². The van der Waals surface area contributed by atoms with Gasteiger partial charge in [0.15, 0.2) is 0 Å². The fourth-order valence-electron chi connectivity index (χ4n) is 2.38. The van der Waals surface area contributed by atoms with Crippen molar-refractivity contribution in [2.45, 2.75) is 25.7 Å². The van der Waals surface area contributed by atoms with Crippen LogP contribution in [0, 0.1) is 11.3 Å². The van der Waals surface area contributed by atoms with Gasteiger partial charge in [0.25, 0.3) is 0 Å². The largest absolute Gasteiger partial charge is 0.397 e. The molecule has 1 saturated heterocycles. The molecule has 20 heavy (non-hydrogen) atoms. The first-order valence-electron chi connectivity index (χ1n) is 7.02. The molecule has 1 aromatic rings. The molecule has 0 radical (unpaired) electrons. The fraction of sp³-hybridized carbons (Fsp3) is 0.467. The molecule has 0 unspecified atom stereocenters. The first kappa shape index (κ1) is 14.2. The topological polar surface area (TPSA) is 82.1 Å². The van der Waals surface area contributed by atoms with Gasteiger partial charge in [-0.3, -0.25) is 4.79 Å². The van der Waals surface area contributed by atoms with Crippen molar-refractivity contribution in [3.8, 4) is 6.07 Å². The highest BCUT2D eigenvalue weighted by Crippen LogP contribution is 2.19. The number of nitriles is 1. The van der Waals surface area contributed by atoms with Gasteiger partial charge in [0.1, 0.15) is 0 Å². The van der Waals surface area contributed by atoms with Crippen molar-refractivity contribution in [1.82, 2.24) is 4.90 Å². The molecule has 0 saturated carbocycles. The first-order valence-corrected chi connectivity index (χ1v) is 7.02. The Balaban J connectivity index is 1.83. The van der Waals surface area contributed by atoms with Crippen molar-refractivity contribution in [2.24, 2.45) is 0 Å². The van der Waals surface area contributed by atoms with Crippen LogP contribution in [0.4, 0.5) is 11.4 Å². The van der Waals surface area contributed by atoms with Gasteiger partial charge in [-0.05, 0) is 37.5 Å². The highest BCUT2D eigenvalue weighted by molar-refractivity contribution is 5.77. The Hall–Kier alpha value is -2.22. The zero-order valence-electron chi connectivity index (χ0n) is 11.6. The Bertz CT molecular complexity index is 515. The van der Waals surface area contributed by atoms with Crippen LogP contribution in [0.5, 0.6) is 0 Å². The van der Waals surface area contributed by atoms with E-state index in [4.69, 9.17) is 11.0 Å². The molecule has 3 N–H and O–H groups in total. The lowest BCUT2D eigenvalue weighted by molar-refractivity contribution is -0.131. The van der Waals surface area contributed by atoms with E-state index in [9.17, 15) is 4.79 Å². The smallest absolute Gasteiger partial charge is 0.224 e. The number of amides is 1. The number of rotatable bonds is 4. The third-order valence-electron chi connectivity index (χ3n) is 3.55. The van der Waals surface area contributed by atoms with Crippen LogP contribution in [-0.4, -0.2) is 30.4 Å². The summed E-state index contributed by atoms with van der Waals surface area (Å²) in [6.07, 6.45) is 3.89. The number of nitrogens with one attached hydrogen (secondary N) is 1. The highest BCUT2D eigenvalue weighted by Gasteiger charge is 2.15. The van der Waals surface area contributed by atoms with E-state index in [2.05, 4.69) is 11.4 Å². The average Bonchev–Trinajstić information content (AvgIpc) is 2.50. The van der Waals surface area contributed by atoms with E-state index in [1.807, 2.05) is 4.90 Å². The first-order chi connectivity index (χ1) is 9.70. The van der Waals surface area contributed by atoms with Gasteiger partial charge in [0.2, 0.25) is 5.91 Å². The second-order valence-electron chi connectivity index (χ2n) is 5.03. The van der Waals surface area contributed by atoms with Gasteiger partial charge in [-0.2, -0.15) is 5.26 Å². The summed E-state index contributed by atoms with van der Waals surface area (Å²) >= 11 is 0. The zero-order valence-corrected chi connectivity index (χ0v) is 11.6. The van der Waals surface area contributed by atoms with E-state index in [0.717, 1.165) is 31.6 Å². The SMILES string of the molecule is N#Cc1ccc(N)c(NCCC(=O)N2CCCCC2)c1. The lowest BCUT2D eigenvalue weighted by atomic mass is 10.1. The minimum Gasteiger partial charge on any atom is -0.397 e. The molecule has 106 valence electrons. The second-order valence-corrected chi connectivity index (χ2v) is 5.03. The van der Waals surface area contributed by atoms with Gasteiger partial charge >= 0.3 is 0 Å². The molecule has 1 aliphatic heterocycles. The number of nitrogen functional groups attached to an aromatic ring is 1. The van der Waals surface area contributed by atoms with Crippen LogP contribution in [0.1, 0.15) is 31.2 Å². The zero-order chi connectivity index (χ0) is 14.4. The standard InChI is InChI=1S/C15H20N4O/c16-11-12-4-5-13(17)14(10-12)18-7-6-15(20)19-8-2-1-3-9-19/h4-5,10,18H,1-3,6-9,17H2. The Morgan fingerprint density at radius 1 is 1.35 bits per heavy atom. The number of nitrogens with zero attached hydrogens (tertiary/aromatic N) is 2. The van der Waals surface area contributed by atoms with Gasteiger partial charge in [0, 0.05) is 26.1 Å². The van der Waals surface area contributed by atoms with Gasteiger partial charge in [-0.25, -0.2) is 0 Å². The molecule has 1 heterocycles. The Morgan fingerprint density at radius 3 is 2.80 bits per heavy atom. The summed E-state index contributed by atoms with van der Waals surface area (Å²) in [7, 11) is 0. The normalized spacial score (nSPS) is 14.7. The van der Waals surface area contributed by atoms with Gasteiger partial charge < -0.3 is 16.0 Å². The lowest BCUT2D eigenvalue weighted by Crippen LogP contribution is -2.36. The van der Waals surface area contributed by atoms with Crippen LogP contribution in [-0.2, 0) is 4.79 Å². The lowest BCUT2D eigenvalue weighted by Gasteiger charge is -2.26.